The summed E-state index contributed by atoms with van der Waals surface area (Å²) in [5.41, 5.74) is 2.17. The molecule has 1 aliphatic heterocycles. The van der Waals surface area contributed by atoms with Gasteiger partial charge in [-0.2, -0.15) is 5.10 Å². The van der Waals surface area contributed by atoms with Crippen LogP contribution in [0.3, 0.4) is 0 Å². The van der Waals surface area contributed by atoms with E-state index in [1.54, 1.807) is 7.05 Å². The van der Waals surface area contributed by atoms with E-state index in [1.807, 2.05) is 18.5 Å². The Morgan fingerprint density at radius 1 is 1.32 bits per heavy atom. The summed E-state index contributed by atoms with van der Waals surface area (Å²) < 4.78 is 24.8. The van der Waals surface area contributed by atoms with Crippen molar-refractivity contribution in [3.63, 3.8) is 0 Å². The third-order valence-electron chi connectivity index (χ3n) is 4.41. The first-order chi connectivity index (χ1) is 12.8. The van der Waals surface area contributed by atoms with Crippen LogP contribution in [0.4, 0.5) is 0 Å². The van der Waals surface area contributed by atoms with Crippen molar-refractivity contribution in [2.45, 2.75) is 45.7 Å². The molecule has 1 fully saturated rings. The van der Waals surface area contributed by atoms with Crippen LogP contribution in [0.2, 0.25) is 0 Å². The van der Waals surface area contributed by atoms with Gasteiger partial charge in [0.25, 0.3) is 0 Å². The monoisotopic (exact) mass is 526 g/mol. The van der Waals surface area contributed by atoms with Crippen LogP contribution in [0.1, 0.15) is 30.7 Å². The summed E-state index contributed by atoms with van der Waals surface area (Å²) >= 11 is 0. The van der Waals surface area contributed by atoms with Crippen LogP contribution in [0.5, 0.6) is 0 Å². The second-order valence-electron chi connectivity index (χ2n) is 6.85. The van der Waals surface area contributed by atoms with E-state index in [0.717, 1.165) is 30.9 Å². The van der Waals surface area contributed by atoms with E-state index in [-0.39, 0.29) is 53.9 Å². The maximum Gasteiger partial charge on any atom is 0.222 e. The van der Waals surface area contributed by atoms with Crippen LogP contribution in [0.15, 0.2) is 11.1 Å². The summed E-state index contributed by atoms with van der Waals surface area (Å²) in [6, 6.07) is 1.80. The number of hydrogen-bond acceptors (Lipinski definition) is 5. The van der Waals surface area contributed by atoms with Gasteiger partial charge < -0.3 is 16.0 Å². The van der Waals surface area contributed by atoms with Gasteiger partial charge in [-0.3, -0.25) is 14.5 Å². The zero-order valence-corrected chi connectivity index (χ0v) is 19.8. The molecule has 1 aliphatic rings. The highest BCUT2D eigenvalue weighted by molar-refractivity contribution is 14.0. The van der Waals surface area contributed by atoms with Gasteiger partial charge in [-0.05, 0) is 32.8 Å². The summed E-state index contributed by atoms with van der Waals surface area (Å²) in [7, 11) is -1.30. The molecule has 11 heteroatoms. The fourth-order valence-corrected chi connectivity index (χ4v) is 4.73. The predicted octanol–water partition coefficient (Wildman–Crippen LogP) is 0.366. The van der Waals surface area contributed by atoms with Crippen molar-refractivity contribution in [1.82, 2.24) is 25.7 Å². The molecular formula is C17H31IN6O3S. The van der Waals surface area contributed by atoms with Gasteiger partial charge in [-0.25, -0.2) is 8.42 Å². The number of rotatable bonds is 8. The highest BCUT2D eigenvalue weighted by Gasteiger charge is 2.28. The van der Waals surface area contributed by atoms with Crippen molar-refractivity contribution in [2.75, 3.05) is 31.6 Å². The summed E-state index contributed by atoms with van der Waals surface area (Å²) in [6.07, 6.45) is 1.67. The standard InChI is InChI=1S/C17H30N6O3S.HI/c1-13-11-14(2)23(22-13)9-4-7-19-17(18-3)20-8-5-16(24)21-15-6-10-27(25,26)12-15;/h11,15H,4-10,12H2,1-3H3,(H,21,24)(H2,18,19,20);1H. The molecule has 1 saturated heterocycles. The van der Waals surface area contributed by atoms with E-state index >= 15 is 0 Å². The Hall–Kier alpha value is -1.37. The predicted molar refractivity (Wildman–Crippen MR) is 121 cm³/mol. The Kier molecular flexibility index (Phi) is 10.2. The largest absolute Gasteiger partial charge is 0.356 e. The minimum absolute atomic E-state index is 0. The first-order valence-electron chi connectivity index (χ1n) is 9.24. The van der Waals surface area contributed by atoms with Crippen molar-refractivity contribution < 1.29 is 13.2 Å². The molecule has 0 spiro atoms. The summed E-state index contributed by atoms with van der Waals surface area (Å²) in [5, 5.41) is 13.5. The lowest BCUT2D eigenvalue weighted by Crippen LogP contribution is -2.41. The van der Waals surface area contributed by atoms with E-state index in [0.29, 0.717) is 18.9 Å². The van der Waals surface area contributed by atoms with Crippen molar-refractivity contribution in [3.05, 3.63) is 17.5 Å². The first-order valence-corrected chi connectivity index (χ1v) is 11.1. The molecule has 0 aliphatic carbocycles. The smallest absolute Gasteiger partial charge is 0.222 e. The molecule has 2 heterocycles. The van der Waals surface area contributed by atoms with E-state index in [2.05, 4.69) is 32.1 Å². The Bertz CT molecular complexity index is 778. The number of aliphatic imine (C=N–C) groups is 1. The highest BCUT2D eigenvalue weighted by Crippen LogP contribution is 2.11. The number of aromatic nitrogens is 2. The van der Waals surface area contributed by atoms with E-state index in [4.69, 9.17) is 0 Å². The Morgan fingerprint density at radius 3 is 2.61 bits per heavy atom. The average molecular weight is 526 g/mol. The second-order valence-corrected chi connectivity index (χ2v) is 9.08. The van der Waals surface area contributed by atoms with Gasteiger partial charge in [0.1, 0.15) is 0 Å². The van der Waals surface area contributed by atoms with Crippen molar-refractivity contribution in [1.29, 1.82) is 0 Å². The van der Waals surface area contributed by atoms with Gasteiger partial charge in [-0.15, -0.1) is 24.0 Å². The van der Waals surface area contributed by atoms with Crippen LogP contribution in [-0.4, -0.2) is 67.7 Å². The number of carbonyl (C=O) groups excluding carboxylic acids is 1. The molecule has 0 saturated carbocycles. The maximum atomic E-state index is 11.9. The molecule has 9 nitrogen and oxygen atoms in total. The van der Waals surface area contributed by atoms with E-state index in [9.17, 15) is 13.2 Å². The zero-order valence-electron chi connectivity index (χ0n) is 16.7. The van der Waals surface area contributed by atoms with Crippen LogP contribution < -0.4 is 16.0 Å². The fraction of sp³-hybridized carbons (Fsp3) is 0.706. The van der Waals surface area contributed by atoms with Crippen LogP contribution in [-0.2, 0) is 21.2 Å². The number of carbonyl (C=O) groups is 1. The molecule has 160 valence electrons. The first kappa shape index (κ1) is 24.7. The molecule has 1 amide bonds. The molecule has 0 radical (unpaired) electrons. The minimum atomic E-state index is -2.98. The van der Waals surface area contributed by atoms with Gasteiger partial charge in [0.05, 0.1) is 17.2 Å². The Morgan fingerprint density at radius 2 is 2.04 bits per heavy atom. The highest BCUT2D eigenvalue weighted by atomic mass is 127. The summed E-state index contributed by atoms with van der Waals surface area (Å²) in [4.78, 5) is 16.0. The number of hydrogen-bond donors (Lipinski definition) is 3. The molecule has 2 rings (SSSR count). The van der Waals surface area contributed by atoms with Crippen LogP contribution >= 0.6 is 24.0 Å². The van der Waals surface area contributed by atoms with Gasteiger partial charge in [0.2, 0.25) is 5.91 Å². The van der Waals surface area contributed by atoms with Gasteiger partial charge >= 0.3 is 0 Å². The molecule has 0 aromatic carbocycles. The molecule has 1 unspecified atom stereocenters. The summed E-state index contributed by atoms with van der Waals surface area (Å²) in [6.45, 7) is 6.03. The lowest BCUT2D eigenvalue weighted by molar-refractivity contribution is -0.121. The average Bonchev–Trinajstić information content (AvgIpc) is 3.10. The number of amides is 1. The lowest BCUT2D eigenvalue weighted by Gasteiger charge is -2.13. The molecule has 1 aromatic rings. The zero-order chi connectivity index (χ0) is 19.9. The number of sulfone groups is 1. The number of nitrogens with zero attached hydrogens (tertiary/aromatic N) is 3. The topological polar surface area (TPSA) is 117 Å². The number of halogens is 1. The normalized spacial score (nSPS) is 18.4. The molecular weight excluding hydrogens is 495 g/mol. The SMILES string of the molecule is CN=C(NCCCn1nc(C)cc1C)NCCC(=O)NC1CCS(=O)(=O)C1.I. The molecule has 1 aromatic heterocycles. The van der Waals surface area contributed by atoms with Crippen LogP contribution in [0.25, 0.3) is 0 Å². The molecule has 28 heavy (non-hydrogen) atoms. The quantitative estimate of drug-likeness (QED) is 0.195. The lowest BCUT2D eigenvalue weighted by atomic mass is 10.2. The molecule has 3 N–H and O–H groups in total. The van der Waals surface area contributed by atoms with Crippen molar-refractivity contribution in [2.24, 2.45) is 4.99 Å². The fourth-order valence-electron chi connectivity index (χ4n) is 3.06. The van der Waals surface area contributed by atoms with Gasteiger partial charge in [0.15, 0.2) is 15.8 Å². The molecule has 0 bridgehead atoms. The molecule has 1 atom stereocenters. The van der Waals surface area contributed by atoms with Crippen LogP contribution in [0, 0.1) is 13.8 Å². The minimum Gasteiger partial charge on any atom is -0.356 e. The number of aryl methyl sites for hydroxylation is 3. The Balaban J connectivity index is 0.00000392. The third-order valence-corrected chi connectivity index (χ3v) is 6.18. The Labute approximate surface area is 184 Å². The number of nitrogens with one attached hydrogen (secondary N) is 3. The van der Waals surface area contributed by atoms with E-state index < -0.39 is 9.84 Å². The van der Waals surface area contributed by atoms with E-state index in [1.165, 1.54) is 0 Å². The van der Waals surface area contributed by atoms with Gasteiger partial charge in [-0.1, -0.05) is 0 Å². The van der Waals surface area contributed by atoms with Gasteiger partial charge in [0, 0.05) is 44.8 Å². The van der Waals surface area contributed by atoms with Crippen molar-refractivity contribution >= 4 is 45.7 Å². The summed E-state index contributed by atoms with van der Waals surface area (Å²) in [5.74, 6) is 0.693. The maximum absolute atomic E-state index is 11.9. The van der Waals surface area contributed by atoms with Crippen molar-refractivity contribution in [3.8, 4) is 0 Å². The number of guanidine groups is 1. The second kappa shape index (κ2) is 11.6. The third kappa shape index (κ3) is 8.33.